The van der Waals surface area contributed by atoms with E-state index in [1.807, 2.05) is 0 Å². The molecule has 1 N–H and O–H groups in total. The summed E-state index contributed by atoms with van der Waals surface area (Å²) in [5.41, 5.74) is 0. The van der Waals surface area contributed by atoms with Crippen molar-refractivity contribution in [3.8, 4) is 0 Å². The fourth-order valence-electron chi connectivity index (χ4n) is 2.67. The van der Waals surface area contributed by atoms with Gasteiger partial charge in [-0.2, -0.15) is 0 Å². The Morgan fingerprint density at radius 3 is 2.17 bits per heavy atom. The van der Waals surface area contributed by atoms with Crippen LogP contribution >= 0.6 is 0 Å². The molecule has 3 nitrogen and oxygen atoms in total. The maximum Gasteiger partial charge on any atom is 0.162 e. The van der Waals surface area contributed by atoms with Gasteiger partial charge in [0.25, 0.3) is 0 Å². The van der Waals surface area contributed by atoms with Crippen molar-refractivity contribution in [1.29, 1.82) is 0 Å². The van der Waals surface area contributed by atoms with E-state index in [9.17, 15) is 5.11 Å². The second-order valence-corrected chi connectivity index (χ2v) is 5.01. The van der Waals surface area contributed by atoms with Crippen molar-refractivity contribution in [2.45, 2.75) is 6.04 Å². The summed E-state index contributed by atoms with van der Waals surface area (Å²) >= 11 is 0. The molecule has 1 atom stereocenters. The summed E-state index contributed by atoms with van der Waals surface area (Å²) in [6.07, 6.45) is 0. The third kappa shape index (κ3) is 1.08. The molecular formula is C9H20N2O+2. The second kappa shape index (κ2) is 2.44. The van der Waals surface area contributed by atoms with E-state index in [1.165, 1.54) is 37.2 Å². The van der Waals surface area contributed by atoms with Gasteiger partial charge in [-0.3, -0.25) is 0 Å². The fraction of sp³-hybridized carbons (Fsp3) is 1.00. The Kier molecular flexibility index (Phi) is 1.72. The highest BCUT2D eigenvalue weighted by Crippen LogP contribution is 2.27. The summed E-state index contributed by atoms with van der Waals surface area (Å²) in [4.78, 5) is 0. The molecule has 3 rings (SSSR count). The minimum Gasteiger partial charge on any atom is -0.390 e. The highest BCUT2D eigenvalue weighted by Gasteiger charge is 2.50. The van der Waals surface area contributed by atoms with E-state index in [2.05, 4.69) is 14.1 Å². The molecule has 3 heteroatoms. The van der Waals surface area contributed by atoms with Gasteiger partial charge in [0.1, 0.15) is 39.3 Å². The van der Waals surface area contributed by atoms with E-state index in [-0.39, 0.29) is 0 Å². The molecule has 70 valence electrons. The number of fused-ring (bicyclic) bond motifs is 3. The van der Waals surface area contributed by atoms with Crippen molar-refractivity contribution in [2.75, 3.05) is 53.4 Å². The van der Waals surface area contributed by atoms with Crippen molar-refractivity contribution in [1.82, 2.24) is 0 Å². The molecule has 0 saturated carbocycles. The first-order valence-electron chi connectivity index (χ1n) is 4.87. The van der Waals surface area contributed by atoms with Gasteiger partial charge in [0, 0.05) is 0 Å². The lowest BCUT2D eigenvalue weighted by Gasteiger charge is -2.56. The van der Waals surface area contributed by atoms with Crippen LogP contribution in [0.15, 0.2) is 0 Å². The molecule has 3 aliphatic heterocycles. The molecule has 1 unspecified atom stereocenters. The number of rotatable bonds is 1. The largest absolute Gasteiger partial charge is 0.390 e. The summed E-state index contributed by atoms with van der Waals surface area (Å²) in [7, 11) is 4.62. The van der Waals surface area contributed by atoms with Crippen LogP contribution in [0.1, 0.15) is 0 Å². The Morgan fingerprint density at radius 2 is 1.75 bits per heavy atom. The molecule has 0 aromatic carbocycles. The van der Waals surface area contributed by atoms with Crippen LogP contribution in [0.4, 0.5) is 0 Å². The number of nitrogens with zero attached hydrogens (tertiary/aromatic N) is 2. The average molecular weight is 172 g/mol. The molecule has 0 spiro atoms. The SMILES string of the molecule is C[N+]12CC[N+](C)(CC1)C(CO)C2. The van der Waals surface area contributed by atoms with Gasteiger partial charge in [-0.15, -0.1) is 0 Å². The van der Waals surface area contributed by atoms with Crippen molar-refractivity contribution in [3.05, 3.63) is 0 Å². The van der Waals surface area contributed by atoms with Gasteiger partial charge in [0.15, 0.2) is 6.04 Å². The van der Waals surface area contributed by atoms with Crippen LogP contribution in [-0.2, 0) is 0 Å². The Balaban J connectivity index is 2.19. The standard InChI is InChI=1S/C9H20N2O/c1-10-3-5-11(2,6-4-10)9(7-10)8-12/h9,12H,3-8H2,1-2H3/q+2. The average Bonchev–Trinajstić information content (AvgIpc) is 2.07. The molecule has 3 heterocycles. The van der Waals surface area contributed by atoms with Crippen LogP contribution in [-0.4, -0.2) is 73.5 Å². The highest BCUT2D eigenvalue weighted by atomic mass is 16.3. The van der Waals surface area contributed by atoms with Crippen LogP contribution in [0.2, 0.25) is 0 Å². The van der Waals surface area contributed by atoms with E-state index >= 15 is 0 Å². The molecule has 3 fully saturated rings. The first kappa shape index (κ1) is 8.48. The zero-order valence-electron chi connectivity index (χ0n) is 8.16. The molecule has 3 aliphatic rings. The minimum atomic E-state index is 0.365. The molecular weight excluding hydrogens is 152 g/mol. The quantitative estimate of drug-likeness (QED) is 0.517. The van der Waals surface area contributed by atoms with Crippen molar-refractivity contribution in [3.63, 3.8) is 0 Å². The predicted molar refractivity (Wildman–Crippen MR) is 47.6 cm³/mol. The monoisotopic (exact) mass is 172 g/mol. The number of likely N-dealkylation sites (N-methyl/N-ethyl adjacent to an activating group) is 2. The Labute approximate surface area is 74.4 Å². The van der Waals surface area contributed by atoms with Crippen LogP contribution in [0.5, 0.6) is 0 Å². The Morgan fingerprint density at radius 1 is 1.17 bits per heavy atom. The zero-order chi connectivity index (χ0) is 8.82. The summed E-state index contributed by atoms with van der Waals surface area (Å²) in [5.74, 6) is 0. The van der Waals surface area contributed by atoms with Crippen LogP contribution < -0.4 is 0 Å². The lowest BCUT2D eigenvalue weighted by molar-refractivity contribution is -1.08. The van der Waals surface area contributed by atoms with E-state index < -0.39 is 0 Å². The zero-order valence-corrected chi connectivity index (χ0v) is 8.16. The number of hydrogen-bond acceptors (Lipinski definition) is 1. The molecule has 3 saturated heterocycles. The lowest BCUT2D eigenvalue weighted by atomic mass is 10.0. The molecule has 0 aliphatic carbocycles. The molecule has 2 bridgehead atoms. The Hall–Kier alpha value is -0.120. The molecule has 12 heavy (non-hydrogen) atoms. The number of aliphatic hydroxyl groups is 1. The van der Waals surface area contributed by atoms with Crippen LogP contribution in [0.25, 0.3) is 0 Å². The first-order chi connectivity index (χ1) is 5.58. The third-order valence-electron chi connectivity index (χ3n) is 4.05. The third-order valence-corrected chi connectivity index (χ3v) is 4.05. The second-order valence-electron chi connectivity index (χ2n) is 5.01. The number of quaternary nitrogens is 2. The van der Waals surface area contributed by atoms with Gasteiger partial charge in [0.2, 0.25) is 0 Å². The number of hydrogen-bond donors (Lipinski definition) is 1. The van der Waals surface area contributed by atoms with E-state index in [1.54, 1.807) is 0 Å². The maximum absolute atomic E-state index is 9.27. The summed E-state index contributed by atoms with van der Waals surface area (Å²) < 4.78 is 2.31. The first-order valence-corrected chi connectivity index (χ1v) is 4.87. The summed E-state index contributed by atoms with van der Waals surface area (Å²) in [6, 6.07) is 0.498. The molecule has 0 amide bonds. The fourth-order valence-corrected chi connectivity index (χ4v) is 2.67. The highest BCUT2D eigenvalue weighted by molar-refractivity contribution is 4.68. The summed E-state index contributed by atoms with van der Waals surface area (Å²) in [5, 5.41) is 9.27. The minimum absolute atomic E-state index is 0.365. The van der Waals surface area contributed by atoms with E-state index in [0.29, 0.717) is 12.6 Å². The van der Waals surface area contributed by atoms with Crippen molar-refractivity contribution in [2.24, 2.45) is 0 Å². The van der Waals surface area contributed by atoms with Gasteiger partial charge < -0.3 is 14.1 Å². The molecule has 0 radical (unpaired) electrons. The van der Waals surface area contributed by atoms with Crippen molar-refractivity contribution < 1.29 is 14.1 Å². The van der Waals surface area contributed by atoms with E-state index in [4.69, 9.17) is 0 Å². The van der Waals surface area contributed by atoms with Gasteiger partial charge in [-0.25, -0.2) is 0 Å². The van der Waals surface area contributed by atoms with Gasteiger partial charge >= 0.3 is 0 Å². The van der Waals surface area contributed by atoms with Gasteiger partial charge in [-0.1, -0.05) is 0 Å². The number of piperazine rings is 3. The molecule has 0 aromatic rings. The van der Waals surface area contributed by atoms with Crippen molar-refractivity contribution >= 4 is 0 Å². The van der Waals surface area contributed by atoms with Gasteiger partial charge in [0.05, 0.1) is 14.1 Å². The lowest BCUT2D eigenvalue weighted by Crippen LogP contribution is -2.77. The van der Waals surface area contributed by atoms with Crippen LogP contribution in [0.3, 0.4) is 0 Å². The summed E-state index contributed by atoms with van der Waals surface area (Å²) in [6.45, 7) is 6.64. The predicted octanol–water partition coefficient (Wildman–Crippen LogP) is -0.732. The van der Waals surface area contributed by atoms with Crippen LogP contribution in [0, 0.1) is 0 Å². The Bertz CT molecular complexity index is 185. The molecule has 0 aromatic heterocycles. The van der Waals surface area contributed by atoms with Gasteiger partial charge in [-0.05, 0) is 0 Å². The topological polar surface area (TPSA) is 20.2 Å². The maximum atomic E-state index is 9.27. The number of aliphatic hydroxyl groups excluding tert-OH is 1. The van der Waals surface area contributed by atoms with E-state index in [0.717, 1.165) is 4.48 Å². The normalized spacial score (nSPS) is 52.8. The smallest absolute Gasteiger partial charge is 0.162 e.